The molecule has 2 aromatic carbocycles. The number of amides is 1. The van der Waals surface area contributed by atoms with Crippen LogP contribution in [0.5, 0.6) is 0 Å². The van der Waals surface area contributed by atoms with Crippen molar-refractivity contribution < 1.29 is 4.79 Å². The molecule has 0 atom stereocenters. The maximum Gasteiger partial charge on any atom is 0.253 e. The van der Waals surface area contributed by atoms with Crippen LogP contribution in [0.4, 0.5) is 11.4 Å². The molecule has 0 radical (unpaired) electrons. The average molecular weight is 427 g/mol. The molecule has 2 aliphatic rings. The number of piperazine rings is 1. The van der Waals surface area contributed by atoms with Gasteiger partial charge in [-0.25, -0.2) is 0 Å². The second-order valence-electron chi connectivity index (χ2n) is 7.02. The fraction of sp³-hybridized carbons (Fsp3) is 0.286. The largest absolute Gasteiger partial charge is 0.369 e. The van der Waals surface area contributed by atoms with Crippen LogP contribution in [0, 0.1) is 0 Å². The van der Waals surface area contributed by atoms with E-state index >= 15 is 0 Å². The molecular formula is C21H23BrN4O. The van der Waals surface area contributed by atoms with E-state index in [9.17, 15) is 4.79 Å². The van der Waals surface area contributed by atoms with E-state index < -0.39 is 0 Å². The van der Waals surface area contributed by atoms with Gasteiger partial charge in [0.1, 0.15) is 0 Å². The molecule has 0 aromatic heterocycles. The van der Waals surface area contributed by atoms with Gasteiger partial charge in [-0.1, -0.05) is 22.0 Å². The zero-order chi connectivity index (χ0) is 18.8. The van der Waals surface area contributed by atoms with Crippen LogP contribution in [0.15, 0.2) is 53.1 Å². The first-order valence-corrected chi connectivity index (χ1v) is 9.97. The summed E-state index contributed by atoms with van der Waals surface area (Å²) in [6.07, 6.45) is 1.80. The lowest BCUT2D eigenvalue weighted by Gasteiger charge is -2.34. The molecule has 1 saturated heterocycles. The Balaban J connectivity index is 1.49. The minimum atomic E-state index is -0.0496. The van der Waals surface area contributed by atoms with Gasteiger partial charge in [0.05, 0.1) is 5.57 Å². The van der Waals surface area contributed by atoms with E-state index in [1.165, 1.54) is 5.69 Å². The Labute approximate surface area is 168 Å². The molecular weight excluding hydrogens is 404 g/mol. The highest BCUT2D eigenvalue weighted by molar-refractivity contribution is 9.10. The lowest BCUT2D eigenvalue weighted by Crippen LogP contribution is -2.44. The number of nitrogens with one attached hydrogen (secondary N) is 2. The number of likely N-dealkylation sites (N-methyl/N-ethyl adjacent to an activating group) is 1. The summed E-state index contributed by atoms with van der Waals surface area (Å²) < 4.78 is 1.02. The summed E-state index contributed by atoms with van der Waals surface area (Å²) in [5, 5.41) is 6.20. The fourth-order valence-electron chi connectivity index (χ4n) is 3.50. The number of carbonyl (C=O) groups excluding carboxylic acids is 1. The Bertz CT molecular complexity index is 870. The number of fused-ring (bicyclic) bond motifs is 1. The van der Waals surface area contributed by atoms with Gasteiger partial charge in [0.2, 0.25) is 0 Å². The molecule has 4 rings (SSSR count). The predicted molar refractivity (Wildman–Crippen MR) is 114 cm³/mol. The molecule has 0 aliphatic carbocycles. The highest BCUT2D eigenvalue weighted by atomic mass is 79.9. The molecule has 0 spiro atoms. The van der Waals surface area contributed by atoms with Crippen molar-refractivity contribution in [2.24, 2.45) is 0 Å². The van der Waals surface area contributed by atoms with Gasteiger partial charge in [0.25, 0.3) is 5.91 Å². The third kappa shape index (κ3) is 4.01. The smallest absolute Gasteiger partial charge is 0.253 e. The lowest BCUT2D eigenvalue weighted by atomic mass is 9.96. The summed E-state index contributed by atoms with van der Waals surface area (Å²) in [5.41, 5.74) is 4.96. The van der Waals surface area contributed by atoms with Crippen molar-refractivity contribution in [1.82, 2.24) is 10.2 Å². The lowest BCUT2D eigenvalue weighted by molar-refractivity contribution is -0.116. The van der Waals surface area contributed by atoms with E-state index in [1.54, 1.807) is 6.20 Å². The molecule has 0 bridgehead atoms. The van der Waals surface area contributed by atoms with Crippen molar-refractivity contribution in [1.29, 1.82) is 0 Å². The molecule has 1 fully saturated rings. The molecule has 6 heteroatoms. The zero-order valence-electron chi connectivity index (χ0n) is 15.3. The molecule has 0 unspecified atom stereocenters. The molecule has 1 amide bonds. The molecule has 2 heterocycles. The van der Waals surface area contributed by atoms with Crippen LogP contribution >= 0.6 is 15.9 Å². The molecule has 0 saturated carbocycles. The van der Waals surface area contributed by atoms with Crippen LogP contribution in [-0.2, 0) is 11.3 Å². The Morgan fingerprint density at radius 1 is 1.07 bits per heavy atom. The van der Waals surface area contributed by atoms with Crippen LogP contribution in [0.3, 0.4) is 0 Å². The monoisotopic (exact) mass is 426 g/mol. The number of hydrogen-bond acceptors (Lipinski definition) is 4. The van der Waals surface area contributed by atoms with Gasteiger partial charge in [-0.05, 0) is 54.6 Å². The number of rotatable bonds is 3. The topological polar surface area (TPSA) is 47.6 Å². The van der Waals surface area contributed by atoms with E-state index in [0.29, 0.717) is 12.1 Å². The third-order valence-electron chi connectivity index (χ3n) is 5.16. The molecule has 5 nitrogen and oxygen atoms in total. The number of anilines is 2. The summed E-state index contributed by atoms with van der Waals surface area (Å²) in [7, 11) is 2.16. The molecule has 2 aromatic rings. The highest BCUT2D eigenvalue weighted by Gasteiger charge is 2.21. The summed E-state index contributed by atoms with van der Waals surface area (Å²) in [4.78, 5) is 17.1. The maximum absolute atomic E-state index is 12.3. The Morgan fingerprint density at radius 2 is 1.81 bits per heavy atom. The van der Waals surface area contributed by atoms with Crippen molar-refractivity contribution in [3.63, 3.8) is 0 Å². The normalized spacial score (nSPS) is 19.0. The minimum absolute atomic E-state index is 0.0496. The number of nitrogens with zero attached hydrogens (tertiary/aromatic N) is 2. The van der Waals surface area contributed by atoms with Crippen molar-refractivity contribution in [3.05, 3.63) is 64.3 Å². The van der Waals surface area contributed by atoms with Crippen molar-refractivity contribution >= 4 is 38.8 Å². The van der Waals surface area contributed by atoms with E-state index in [4.69, 9.17) is 0 Å². The van der Waals surface area contributed by atoms with E-state index in [2.05, 4.69) is 67.7 Å². The maximum atomic E-state index is 12.3. The number of carbonyl (C=O) groups is 1. The van der Waals surface area contributed by atoms with E-state index in [-0.39, 0.29) is 5.91 Å². The zero-order valence-corrected chi connectivity index (χ0v) is 16.9. The Morgan fingerprint density at radius 3 is 2.56 bits per heavy atom. The van der Waals surface area contributed by atoms with E-state index in [1.807, 2.05) is 18.2 Å². The first kappa shape index (κ1) is 18.1. The third-order valence-corrected chi connectivity index (χ3v) is 5.65. The van der Waals surface area contributed by atoms with E-state index in [0.717, 1.165) is 47.5 Å². The highest BCUT2D eigenvalue weighted by Crippen LogP contribution is 2.27. The summed E-state index contributed by atoms with van der Waals surface area (Å²) in [6, 6.07) is 14.4. The van der Waals surface area contributed by atoms with Gasteiger partial charge in [0.15, 0.2) is 0 Å². The van der Waals surface area contributed by atoms with Crippen LogP contribution in [-0.4, -0.2) is 44.0 Å². The van der Waals surface area contributed by atoms with Gasteiger partial charge >= 0.3 is 0 Å². The SMILES string of the molecule is CN1CCN(c2ccc(NC=C3C(=O)NCc4cc(Br)ccc43)cc2)CC1. The van der Waals surface area contributed by atoms with Gasteiger partial charge in [-0.3, -0.25) is 4.79 Å². The quantitative estimate of drug-likeness (QED) is 0.739. The van der Waals surface area contributed by atoms with Crippen LogP contribution < -0.4 is 15.5 Å². The molecule has 2 N–H and O–H groups in total. The van der Waals surface area contributed by atoms with Crippen LogP contribution in [0.25, 0.3) is 5.57 Å². The number of benzene rings is 2. The van der Waals surface area contributed by atoms with Crippen LogP contribution in [0.1, 0.15) is 11.1 Å². The number of hydrogen-bond donors (Lipinski definition) is 2. The van der Waals surface area contributed by atoms with Gasteiger partial charge < -0.3 is 20.4 Å². The molecule has 140 valence electrons. The predicted octanol–water partition coefficient (Wildman–Crippen LogP) is 3.28. The van der Waals surface area contributed by atoms with Crippen LogP contribution in [0.2, 0.25) is 0 Å². The fourth-order valence-corrected chi connectivity index (χ4v) is 3.90. The van der Waals surface area contributed by atoms with Gasteiger partial charge in [-0.15, -0.1) is 0 Å². The van der Waals surface area contributed by atoms with Crippen molar-refractivity contribution in [3.8, 4) is 0 Å². The van der Waals surface area contributed by atoms with Crippen molar-refractivity contribution in [2.45, 2.75) is 6.54 Å². The first-order chi connectivity index (χ1) is 13.1. The standard InChI is InChI=1S/C21H23BrN4O/c1-25-8-10-26(11-9-25)18-5-3-17(4-6-18)23-14-20-19-7-2-16(22)12-15(19)13-24-21(20)27/h2-7,12,14,23H,8-11,13H2,1H3,(H,24,27). The van der Waals surface area contributed by atoms with Crippen molar-refractivity contribution in [2.75, 3.05) is 43.4 Å². The molecule has 27 heavy (non-hydrogen) atoms. The number of halogens is 1. The Kier molecular flexibility index (Phi) is 5.18. The average Bonchev–Trinajstić information content (AvgIpc) is 2.68. The first-order valence-electron chi connectivity index (χ1n) is 9.17. The molecule has 2 aliphatic heterocycles. The summed E-state index contributed by atoms with van der Waals surface area (Å²) in [5.74, 6) is -0.0496. The summed E-state index contributed by atoms with van der Waals surface area (Å²) in [6.45, 7) is 4.86. The second kappa shape index (κ2) is 7.74. The Hall–Kier alpha value is -2.31. The summed E-state index contributed by atoms with van der Waals surface area (Å²) >= 11 is 3.49. The second-order valence-corrected chi connectivity index (χ2v) is 7.94. The van der Waals surface area contributed by atoms with Gasteiger partial charge in [-0.2, -0.15) is 0 Å². The van der Waals surface area contributed by atoms with Gasteiger partial charge in [0, 0.05) is 54.8 Å². The minimum Gasteiger partial charge on any atom is -0.369 e.